The highest BCUT2D eigenvalue weighted by molar-refractivity contribution is 5.66. The van der Waals surface area contributed by atoms with E-state index in [1.807, 2.05) is 6.92 Å². The first-order valence-corrected chi connectivity index (χ1v) is 7.53. The van der Waals surface area contributed by atoms with Gasteiger partial charge in [0.1, 0.15) is 0 Å². The fourth-order valence-electron chi connectivity index (χ4n) is 1.91. The highest BCUT2D eigenvalue weighted by Crippen LogP contribution is 2.31. The molecule has 1 aromatic heterocycles. The van der Waals surface area contributed by atoms with E-state index >= 15 is 0 Å². The molecule has 0 bridgehead atoms. The summed E-state index contributed by atoms with van der Waals surface area (Å²) in [5, 5.41) is 20.4. The smallest absolute Gasteiger partial charge is 0.327 e. The number of benzene rings is 1. The third kappa shape index (κ3) is 4.67. The highest BCUT2D eigenvalue weighted by Gasteiger charge is 2.12. The minimum Gasteiger partial charge on any atom is -0.490 e. The molecular formula is C15H20N4O4. The van der Waals surface area contributed by atoms with Gasteiger partial charge >= 0.3 is 5.97 Å². The second kappa shape index (κ2) is 8.11. The molecule has 0 radical (unpaired) electrons. The maximum absolute atomic E-state index is 10.7. The van der Waals surface area contributed by atoms with Crippen molar-refractivity contribution in [2.24, 2.45) is 0 Å². The van der Waals surface area contributed by atoms with Gasteiger partial charge < -0.3 is 14.6 Å². The molecule has 0 aliphatic rings. The van der Waals surface area contributed by atoms with Crippen molar-refractivity contribution in [2.45, 2.75) is 33.2 Å². The molecule has 1 heterocycles. The Hall–Kier alpha value is -2.64. The summed E-state index contributed by atoms with van der Waals surface area (Å²) in [5.74, 6) is 0.591. The van der Waals surface area contributed by atoms with Crippen molar-refractivity contribution in [3.8, 4) is 22.9 Å². The van der Waals surface area contributed by atoms with Crippen LogP contribution in [-0.4, -0.2) is 44.5 Å². The van der Waals surface area contributed by atoms with E-state index in [0.717, 1.165) is 17.6 Å². The van der Waals surface area contributed by atoms with Crippen LogP contribution in [-0.2, 0) is 11.3 Å². The number of rotatable bonds is 9. The fraction of sp³-hybridized carbons (Fsp3) is 0.467. The van der Waals surface area contributed by atoms with Gasteiger partial charge in [0.25, 0.3) is 0 Å². The van der Waals surface area contributed by atoms with E-state index in [4.69, 9.17) is 14.6 Å². The first-order valence-electron chi connectivity index (χ1n) is 7.53. The first-order chi connectivity index (χ1) is 11.1. The quantitative estimate of drug-likeness (QED) is 0.705. The summed E-state index contributed by atoms with van der Waals surface area (Å²) < 4.78 is 11.3. The summed E-state index contributed by atoms with van der Waals surface area (Å²) in [6.07, 6.45) is 2.02. The molecule has 1 N–H and O–H groups in total. The molecule has 0 saturated carbocycles. The Morgan fingerprint density at radius 1 is 1.26 bits per heavy atom. The second-order valence-electron chi connectivity index (χ2n) is 4.83. The van der Waals surface area contributed by atoms with E-state index in [9.17, 15) is 4.79 Å². The van der Waals surface area contributed by atoms with Crippen LogP contribution in [0.3, 0.4) is 0 Å². The molecule has 1 aromatic carbocycles. The van der Waals surface area contributed by atoms with Gasteiger partial charge in [-0.2, -0.15) is 4.80 Å². The number of carboxylic acid groups (broad SMARTS) is 1. The molecular weight excluding hydrogens is 300 g/mol. The molecule has 0 amide bonds. The Bertz CT molecular complexity index is 657. The Morgan fingerprint density at radius 3 is 2.78 bits per heavy atom. The van der Waals surface area contributed by atoms with E-state index < -0.39 is 5.97 Å². The molecule has 0 aliphatic carbocycles. The SMILES string of the molecule is CCCCOc1ccc(-c2nnn(CC(=O)O)n2)cc1OCC. The number of aromatic nitrogens is 4. The topological polar surface area (TPSA) is 99.4 Å². The van der Waals surface area contributed by atoms with Crippen molar-refractivity contribution in [1.82, 2.24) is 20.2 Å². The fourth-order valence-corrected chi connectivity index (χ4v) is 1.91. The number of tetrazole rings is 1. The van der Waals surface area contributed by atoms with E-state index in [-0.39, 0.29) is 6.54 Å². The standard InChI is InChI=1S/C15H20N4O4/c1-3-5-8-23-12-7-6-11(9-13(12)22-4-2)15-16-18-19(17-15)10-14(20)21/h6-7,9H,3-5,8,10H2,1-2H3,(H,20,21). The van der Waals surface area contributed by atoms with Crippen LogP contribution in [0.25, 0.3) is 11.4 Å². The lowest BCUT2D eigenvalue weighted by molar-refractivity contribution is -0.138. The van der Waals surface area contributed by atoms with Crippen LogP contribution in [0.2, 0.25) is 0 Å². The van der Waals surface area contributed by atoms with Gasteiger partial charge in [0, 0.05) is 5.56 Å². The Balaban J connectivity index is 2.20. The Kier molecular flexibility index (Phi) is 5.90. The van der Waals surface area contributed by atoms with Gasteiger partial charge in [-0.1, -0.05) is 13.3 Å². The first kappa shape index (κ1) is 16.7. The molecule has 23 heavy (non-hydrogen) atoms. The maximum Gasteiger partial charge on any atom is 0.327 e. The summed E-state index contributed by atoms with van der Waals surface area (Å²) in [5.41, 5.74) is 0.688. The molecule has 0 fully saturated rings. The number of ether oxygens (including phenoxy) is 2. The Morgan fingerprint density at radius 2 is 2.09 bits per heavy atom. The molecule has 124 valence electrons. The van der Waals surface area contributed by atoms with E-state index in [0.29, 0.717) is 36.1 Å². The lowest BCUT2D eigenvalue weighted by atomic mass is 10.2. The molecule has 0 atom stereocenters. The van der Waals surface area contributed by atoms with Gasteiger partial charge in [-0.25, -0.2) is 0 Å². The van der Waals surface area contributed by atoms with Crippen LogP contribution in [0.1, 0.15) is 26.7 Å². The highest BCUT2D eigenvalue weighted by atomic mass is 16.5. The number of nitrogens with zero attached hydrogens (tertiary/aromatic N) is 4. The number of aliphatic carboxylic acids is 1. The van der Waals surface area contributed by atoms with E-state index in [1.165, 1.54) is 0 Å². The van der Waals surface area contributed by atoms with Crippen molar-refractivity contribution < 1.29 is 19.4 Å². The second-order valence-corrected chi connectivity index (χ2v) is 4.83. The van der Waals surface area contributed by atoms with Gasteiger partial charge in [0.05, 0.1) is 13.2 Å². The number of carbonyl (C=O) groups is 1. The Labute approximate surface area is 134 Å². The molecule has 2 aromatic rings. The van der Waals surface area contributed by atoms with Crippen molar-refractivity contribution in [3.05, 3.63) is 18.2 Å². The third-order valence-corrected chi connectivity index (χ3v) is 2.99. The average Bonchev–Trinajstić information content (AvgIpc) is 2.97. The number of hydrogen-bond acceptors (Lipinski definition) is 6. The minimum atomic E-state index is -1.02. The van der Waals surface area contributed by atoms with Crippen LogP contribution in [0.15, 0.2) is 18.2 Å². The van der Waals surface area contributed by atoms with Gasteiger partial charge in [-0.3, -0.25) is 4.79 Å². The predicted molar refractivity (Wildman–Crippen MR) is 82.5 cm³/mol. The average molecular weight is 320 g/mol. The van der Waals surface area contributed by atoms with Crippen molar-refractivity contribution >= 4 is 5.97 Å². The van der Waals surface area contributed by atoms with Crippen LogP contribution >= 0.6 is 0 Å². The molecule has 0 saturated heterocycles. The zero-order valence-electron chi connectivity index (χ0n) is 13.2. The van der Waals surface area contributed by atoms with Crippen LogP contribution in [0.5, 0.6) is 11.5 Å². The van der Waals surface area contributed by atoms with Gasteiger partial charge in [0.2, 0.25) is 5.82 Å². The lowest BCUT2D eigenvalue weighted by Gasteiger charge is -2.12. The summed E-state index contributed by atoms with van der Waals surface area (Å²) in [7, 11) is 0. The lowest BCUT2D eigenvalue weighted by Crippen LogP contribution is -2.11. The minimum absolute atomic E-state index is 0.330. The third-order valence-electron chi connectivity index (χ3n) is 2.99. The van der Waals surface area contributed by atoms with Crippen LogP contribution in [0, 0.1) is 0 Å². The molecule has 0 aliphatic heterocycles. The van der Waals surface area contributed by atoms with E-state index in [1.54, 1.807) is 18.2 Å². The molecule has 2 rings (SSSR count). The van der Waals surface area contributed by atoms with Crippen molar-refractivity contribution in [1.29, 1.82) is 0 Å². The molecule has 8 heteroatoms. The summed E-state index contributed by atoms with van der Waals surface area (Å²) in [6, 6.07) is 5.37. The normalized spacial score (nSPS) is 10.5. The van der Waals surface area contributed by atoms with Crippen molar-refractivity contribution in [2.75, 3.05) is 13.2 Å². The largest absolute Gasteiger partial charge is 0.490 e. The van der Waals surface area contributed by atoms with Gasteiger partial charge in [-0.05, 0) is 36.8 Å². The zero-order chi connectivity index (χ0) is 16.7. The zero-order valence-corrected chi connectivity index (χ0v) is 13.2. The molecule has 0 unspecified atom stereocenters. The summed E-state index contributed by atoms with van der Waals surface area (Å²) in [4.78, 5) is 11.7. The van der Waals surface area contributed by atoms with Gasteiger partial charge in [-0.15, -0.1) is 10.2 Å². The number of unbranched alkanes of at least 4 members (excludes halogenated alkanes) is 1. The molecule has 0 spiro atoms. The monoisotopic (exact) mass is 320 g/mol. The van der Waals surface area contributed by atoms with Crippen LogP contribution < -0.4 is 9.47 Å². The van der Waals surface area contributed by atoms with Crippen LogP contribution in [0.4, 0.5) is 0 Å². The summed E-state index contributed by atoms with van der Waals surface area (Å²) >= 11 is 0. The number of carboxylic acids is 1. The van der Waals surface area contributed by atoms with Crippen molar-refractivity contribution in [3.63, 3.8) is 0 Å². The van der Waals surface area contributed by atoms with E-state index in [2.05, 4.69) is 22.3 Å². The van der Waals surface area contributed by atoms with Gasteiger partial charge in [0.15, 0.2) is 18.0 Å². The predicted octanol–water partition coefficient (Wildman–Crippen LogP) is 2.00. The molecule has 8 nitrogen and oxygen atoms in total. The number of hydrogen-bond donors (Lipinski definition) is 1. The summed E-state index contributed by atoms with van der Waals surface area (Å²) in [6.45, 7) is 4.80. The maximum atomic E-state index is 10.7.